The maximum absolute atomic E-state index is 10.9. The number of hydrogen-bond donors (Lipinski definition) is 1. The maximum Gasteiger partial charge on any atom is 0.283 e. The molecule has 0 spiro atoms. The third kappa shape index (κ3) is 4.12. The molecule has 0 radical (unpaired) electrons. The van der Waals surface area contributed by atoms with Crippen molar-refractivity contribution in [2.75, 3.05) is 0 Å². The van der Waals surface area contributed by atoms with Crippen LogP contribution in [0.4, 0.5) is 5.69 Å². The first-order valence-electron chi connectivity index (χ1n) is 6.39. The molecule has 1 N–H and O–H groups in total. The van der Waals surface area contributed by atoms with E-state index in [0.29, 0.717) is 11.0 Å². The normalized spacial score (nSPS) is 12.1. The van der Waals surface area contributed by atoms with Gasteiger partial charge in [-0.25, -0.2) is 0 Å². The van der Waals surface area contributed by atoms with E-state index < -0.39 is 0 Å². The summed E-state index contributed by atoms with van der Waals surface area (Å²) in [6, 6.07) is 13.3. The van der Waals surface area contributed by atoms with E-state index >= 15 is 0 Å². The average Bonchev–Trinajstić information content (AvgIpc) is 2.46. The molecule has 0 amide bonds. The number of nitrogens with zero attached hydrogens (tertiary/aromatic N) is 1. The molecule has 0 bridgehead atoms. The van der Waals surface area contributed by atoms with Gasteiger partial charge in [-0.3, -0.25) is 10.1 Å². The van der Waals surface area contributed by atoms with Crippen molar-refractivity contribution in [2.24, 2.45) is 0 Å². The number of nitro benzene ring substituents is 1. The van der Waals surface area contributed by atoms with Crippen LogP contribution in [0, 0.1) is 10.1 Å². The lowest BCUT2D eigenvalue weighted by Crippen LogP contribution is -2.18. The molecule has 1 unspecified atom stereocenters. The largest absolute Gasteiger partial charge is 0.306 e. The topological polar surface area (TPSA) is 55.2 Å². The first-order valence-corrected chi connectivity index (χ1v) is 7.98. The second kappa shape index (κ2) is 7.15. The first-order chi connectivity index (χ1) is 9.99. The molecular weight excluding hydrogens is 400 g/mol. The molecule has 0 aliphatic rings. The van der Waals surface area contributed by atoms with Crippen LogP contribution in [0.25, 0.3) is 0 Å². The number of hydrogen-bond acceptors (Lipinski definition) is 3. The monoisotopic (exact) mass is 412 g/mol. The van der Waals surface area contributed by atoms with E-state index in [0.717, 1.165) is 10.0 Å². The Bertz CT molecular complexity index is 645. The van der Waals surface area contributed by atoms with Gasteiger partial charge in [0.1, 0.15) is 0 Å². The standard InChI is InChI=1S/C15H14Br2N2O2/c1-10(11-5-7-13(16)8-6-11)18-9-12-3-2-4-14(15(12)17)19(20)21/h2-8,10,18H,9H2,1H3. The van der Waals surface area contributed by atoms with E-state index in [-0.39, 0.29) is 16.7 Å². The molecule has 0 aliphatic carbocycles. The summed E-state index contributed by atoms with van der Waals surface area (Å²) >= 11 is 6.72. The van der Waals surface area contributed by atoms with E-state index in [9.17, 15) is 10.1 Å². The van der Waals surface area contributed by atoms with Crippen molar-refractivity contribution in [3.63, 3.8) is 0 Å². The van der Waals surface area contributed by atoms with Gasteiger partial charge >= 0.3 is 0 Å². The summed E-state index contributed by atoms with van der Waals surface area (Å²) in [5, 5.41) is 14.3. The van der Waals surface area contributed by atoms with Crippen molar-refractivity contribution in [3.05, 3.63) is 72.7 Å². The third-order valence-corrected chi connectivity index (χ3v) is 4.67. The summed E-state index contributed by atoms with van der Waals surface area (Å²) in [5.41, 5.74) is 2.12. The van der Waals surface area contributed by atoms with Gasteiger partial charge in [0.2, 0.25) is 0 Å². The molecule has 2 aromatic carbocycles. The van der Waals surface area contributed by atoms with Crippen LogP contribution in [0.3, 0.4) is 0 Å². The first kappa shape index (κ1) is 16.1. The van der Waals surface area contributed by atoms with Crippen LogP contribution in [-0.4, -0.2) is 4.92 Å². The molecule has 21 heavy (non-hydrogen) atoms. The Labute approximate surface area is 140 Å². The Morgan fingerprint density at radius 2 is 1.86 bits per heavy atom. The molecule has 2 aromatic rings. The van der Waals surface area contributed by atoms with Crippen molar-refractivity contribution in [2.45, 2.75) is 19.5 Å². The minimum atomic E-state index is -0.383. The van der Waals surface area contributed by atoms with Crippen LogP contribution in [0.15, 0.2) is 51.4 Å². The van der Waals surface area contributed by atoms with Gasteiger partial charge in [-0.2, -0.15) is 0 Å². The van der Waals surface area contributed by atoms with Crippen molar-refractivity contribution >= 4 is 37.5 Å². The number of halogens is 2. The minimum absolute atomic E-state index is 0.0885. The van der Waals surface area contributed by atoms with Gasteiger partial charge in [0, 0.05) is 23.1 Å². The van der Waals surface area contributed by atoms with Crippen LogP contribution in [0.5, 0.6) is 0 Å². The molecule has 110 valence electrons. The smallest absolute Gasteiger partial charge is 0.283 e. The highest BCUT2D eigenvalue weighted by Crippen LogP contribution is 2.28. The van der Waals surface area contributed by atoms with Crippen molar-refractivity contribution in [1.82, 2.24) is 5.32 Å². The van der Waals surface area contributed by atoms with Crippen LogP contribution in [0.1, 0.15) is 24.1 Å². The fourth-order valence-corrected chi connectivity index (χ4v) is 2.79. The van der Waals surface area contributed by atoms with Crippen molar-refractivity contribution < 1.29 is 4.92 Å². The van der Waals surface area contributed by atoms with Crippen molar-refractivity contribution in [3.8, 4) is 0 Å². The van der Waals surface area contributed by atoms with Crippen molar-refractivity contribution in [1.29, 1.82) is 0 Å². The fourth-order valence-electron chi connectivity index (χ4n) is 1.98. The second-order valence-corrected chi connectivity index (χ2v) is 6.37. The predicted octanol–water partition coefficient (Wildman–Crippen LogP) is 4.97. The number of nitrogens with one attached hydrogen (secondary N) is 1. The molecule has 6 heteroatoms. The quantitative estimate of drug-likeness (QED) is 0.556. The summed E-state index contributed by atoms with van der Waals surface area (Å²) in [4.78, 5) is 10.5. The number of rotatable bonds is 5. The zero-order valence-electron chi connectivity index (χ0n) is 11.3. The highest BCUT2D eigenvalue weighted by Gasteiger charge is 2.15. The molecule has 1 atom stereocenters. The van der Waals surface area contributed by atoms with E-state index in [4.69, 9.17) is 0 Å². The Balaban J connectivity index is 2.08. The Morgan fingerprint density at radius 3 is 2.48 bits per heavy atom. The average molecular weight is 414 g/mol. The molecule has 2 rings (SSSR count). The van der Waals surface area contributed by atoms with Gasteiger partial charge in [-0.05, 0) is 46.1 Å². The Kier molecular flexibility index (Phi) is 5.50. The third-order valence-electron chi connectivity index (χ3n) is 3.22. The molecule has 0 fully saturated rings. The van der Waals surface area contributed by atoms with E-state index in [1.54, 1.807) is 6.07 Å². The zero-order valence-corrected chi connectivity index (χ0v) is 14.5. The van der Waals surface area contributed by atoms with Gasteiger partial charge in [-0.1, -0.05) is 40.2 Å². The highest BCUT2D eigenvalue weighted by atomic mass is 79.9. The number of benzene rings is 2. The van der Waals surface area contributed by atoms with Crippen LogP contribution >= 0.6 is 31.9 Å². The van der Waals surface area contributed by atoms with Crippen LogP contribution < -0.4 is 5.32 Å². The minimum Gasteiger partial charge on any atom is -0.306 e. The van der Waals surface area contributed by atoms with E-state index in [1.807, 2.05) is 30.3 Å². The summed E-state index contributed by atoms with van der Waals surface area (Å²) in [6.07, 6.45) is 0. The van der Waals surface area contributed by atoms with E-state index in [2.05, 4.69) is 44.1 Å². The molecule has 0 saturated heterocycles. The van der Waals surface area contributed by atoms with Gasteiger partial charge in [0.15, 0.2) is 0 Å². The SMILES string of the molecule is CC(NCc1cccc([N+](=O)[O-])c1Br)c1ccc(Br)cc1. The lowest BCUT2D eigenvalue weighted by molar-refractivity contribution is -0.385. The van der Waals surface area contributed by atoms with E-state index in [1.165, 1.54) is 11.6 Å². The van der Waals surface area contributed by atoms with Crippen LogP contribution in [-0.2, 0) is 6.54 Å². The molecule has 0 aromatic heterocycles. The maximum atomic E-state index is 10.9. The number of nitro groups is 1. The molecular formula is C15H14Br2N2O2. The zero-order chi connectivity index (χ0) is 15.4. The molecule has 0 saturated carbocycles. The Hall–Kier alpha value is -1.24. The van der Waals surface area contributed by atoms with Gasteiger partial charge < -0.3 is 5.32 Å². The summed E-state index contributed by atoms with van der Waals surface area (Å²) in [7, 11) is 0. The summed E-state index contributed by atoms with van der Waals surface area (Å²) in [5.74, 6) is 0. The molecule has 0 heterocycles. The fraction of sp³-hybridized carbons (Fsp3) is 0.200. The van der Waals surface area contributed by atoms with Gasteiger partial charge in [-0.15, -0.1) is 0 Å². The molecule has 0 aliphatic heterocycles. The lowest BCUT2D eigenvalue weighted by atomic mass is 10.1. The summed E-state index contributed by atoms with van der Waals surface area (Å²) in [6.45, 7) is 2.62. The van der Waals surface area contributed by atoms with Crippen LogP contribution in [0.2, 0.25) is 0 Å². The lowest BCUT2D eigenvalue weighted by Gasteiger charge is -2.15. The predicted molar refractivity (Wildman–Crippen MR) is 90.2 cm³/mol. The second-order valence-electron chi connectivity index (χ2n) is 4.66. The highest BCUT2D eigenvalue weighted by molar-refractivity contribution is 9.10. The summed E-state index contributed by atoms with van der Waals surface area (Å²) < 4.78 is 1.57. The van der Waals surface area contributed by atoms with Gasteiger partial charge in [0.25, 0.3) is 5.69 Å². The van der Waals surface area contributed by atoms with Gasteiger partial charge in [0.05, 0.1) is 9.40 Å². The Morgan fingerprint density at radius 1 is 1.19 bits per heavy atom. The molecule has 4 nitrogen and oxygen atoms in total.